The van der Waals surface area contributed by atoms with Gasteiger partial charge in [0.2, 0.25) is 0 Å². The molecule has 1 atom stereocenters. The maximum Gasteiger partial charge on any atom is 0.417 e. The molecule has 0 spiro atoms. The lowest BCUT2D eigenvalue weighted by molar-refractivity contribution is -0.137. The Kier molecular flexibility index (Phi) is 4.71. The van der Waals surface area contributed by atoms with Crippen molar-refractivity contribution in [2.45, 2.75) is 17.1 Å². The Morgan fingerprint density at radius 3 is 2.57 bits per heavy atom. The standard InChI is InChI=1S/C14H16F3N3O2S/c1-20(2)6-5-19-12-8-23(21,22)13-9(12)3-4-11(10(13)7-18)14(15,16)17/h3-4,12,19H,5-6,8H2,1-2H3. The first kappa shape index (κ1) is 17.7. The Labute approximate surface area is 132 Å². The Balaban J connectivity index is 2.48. The van der Waals surface area contributed by atoms with E-state index in [0.29, 0.717) is 13.1 Å². The van der Waals surface area contributed by atoms with Gasteiger partial charge in [-0.3, -0.25) is 0 Å². The van der Waals surface area contributed by atoms with Gasteiger partial charge in [-0.15, -0.1) is 0 Å². The molecule has 0 radical (unpaired) electrons. The van der Waals surface area contributed by atoms with E-state index < -0.39 is 38.1 Å². The monoisotopic (exact) mass is 347 g/mol. The summed E-state index contributed by atoms with van der Waals surface area (Å²) in [4.78, 5) is 1.40. The van der Waals surface area contributed by atoms with Crippen molar-refractivity contribution in [1.29, 1.82) is 5.26 Å². The topological polar surface area (TPSA) is 73.2 Å². The molecule has 0 fully saturated rings. The van der Waals surface area contributed by atoms with Crippen molar-refractivity contribution in [3.05, 3.63) is 28.8 Å². The van der Waals surface area contributed by atoms with E-state index in [4.69, 9.17) is 5.26 Å². The van der Waals surface area contributed by atoms with Gasteiger partial charge in [0.1, 0.15) is 6.07 Å². The smallest absolute Gasteiger partial charge is 0.308 e. The Bertz CT molecular complexity index is 752. The molecule has 1 aromatic rings. The summed E-state index contributed by atoms with van der Waals surface area (Å²) in [7, 11) is -0.226. The SMILES string of the molecule is CN(C)CCNC1CS(=O)(=O)c2c1ccc(C(F)(F)F)c2C#N. The highest BCUT2D eigenvalue weighted by Gasteiger charge is 2.42. The fourth-order valence-corrected chi connectivity index (χ4v) is 4.52. The van der Waals surface area contributed by atoms with Crippen molar-refractivity contribution >= 4 is 9.84 Å². The maximum atomic E-state index is 13.0. The van der Waals surface area contributed by atoms with Crippen LogP contribution in [0.1, 0.15) is 22.7 Å². The second-order valence-electron chi connectivity index (χ2n) is 5.61. The number of nitriles is 1. The molecule has 5 nitrogen and oxygen atoms in total. The van der Waals surface area contributed by atoms with E-state index in [0.717, 1.165) is 12.1 Å². The number of halogens is 3. The van der Waals surface area contributed by atoms with Gasteiger partial charge in [0.05, 0.1) is 21.8 Å². The van der Waals surface area contributed by atoms with Gasteiger partial charge in [0.15, 0.2) is 9.84 Å². The van der Waals surface area contributed by atoms with Crippen molar-refractivity contribution in [3.8, 4) is 6.07 Å². The van der Waals surface area contributed by atoms with Crippen LogP contribution in [0.25, 0.3) is 0 Å². The van der Waals surface area contributed by atoms with E-state index in [9.17, 15) is 21.6 Å². The third kappa shape index (κ3) is 3.49. The van der Waals surface area contributed by atoms with Crippen LogP contribution in [0.15, 0.2) is 17.0 Å². The van der Waals surface area contributed by atoms with Crippen LogP contribution in [0.4, 0.5) is 13.2 Å². The first-order valence-corrected chi connectivity index (χ1v) is 8.48. The van der Waals surface area contributed by atoms with Gasteiger partial charge < -0.3 is 10.2 Å². The first-order chi connectivity index (χ1) is 10.6. The zero-order chi connectivity index (χ0) is 17.4. The predicted molar refractivity (Wildman–Crippen MR) is 77.5 cm³/mol. The summed E-state index contributed by atoms with van der Waals surface area (Å²) >= 11 is 0. The van der Waals surface area contributed by atoms with E-state index in [-0.39, 0.29) is 11.3 Å². The lowest BCUT2D eigenvalue weighted by Gasteiger charge is -2.16. The number of alkyl halides is 3. The molecule has 126 valence electrons. The molecule has 0 saturated heterocycles. The van der Waals surface area contributed by atoms with E-state index in [1.807, 2.05) is 19.0 Å². The van der Waals surface area contributed by atoms with Crippen LogP contribution >= 0.6 is 0 Å². The molecule has 1 aliphatic rings. The largest absolute Gasteiger partial charge is 0.417 e. The van der Waals surface area contributed by atoms with Crippen LogP contribution in [-0.4, -0.2) is 46.3 Å². The van der Waals surface area contributed by atoms with Gasteiger partial charge in [-0.2, -0.15) is 18.4 Å². The molecule has 0 saturated carbocycles. The van der Waals surface area contributed by atoms with Gasteiger partial charge in [-0.25, -0.2) is 8.42 Å². The number of rotatable bonds is 4. The number of hydrogen-bond donors (Lipinski definition) is 1. The number of nitrogens with zero attached hydrogens (tertiary/aromatic N) is 2. The van der Waals surface area contributed by atoms with Crippen LogP contribution in [0.5, 0.6) is 0 Å². The van der Waals surface area contributed by atoms with Crippen molar-refractivity contribution in [2.75, 3.05) is 32.9 Å². The fraction of sp³-hybridized carbons (Fsp3) is 0.500. The number of benzene rings is 1. The van der Waals surface area contributed by atoms with Gasteiger partial charge >= 0.3 is 6.18 Å². The summed E-state index contributed by atoms with van der Waals surface area (Å²) in [5, 5.41) is 12.1. The quantitative estimate of drug-likeness (QED) is 0.895. The molecule has 9 heteroatoms. The van der Waals surface area contributed by atoms with Crippen LogP contribution in [0.2, 0.25) is 0 Å². The summed E-state index contributed by atoms with van der Waals surface area (Å²) in [6.45, 7) is 1.13. The summed E-state index contributed by atoms with van der Waals surface area (Å²) in [6.07, 6.45) is -4.77. The number of fused-ring (bicyclic) bond motifs is 1. The molecular formula is C14H16F3N3O2S. The Hall–Kier alpha value is -1.63. The third-order valence-corrected chi connectivity index (χ3v) is 5.46. The molecule has 1 N–H and O–H groups in total. The normalized spacial score (nSPS) is 19.6. The minimum absolute atomic E-state index is 0.230. The molecule has 1 heterocycles. The summed E-state index contributed by atoms with van der Waals surface area (Å²) in [5.41, 5.74) is -1.79. The molecule has 23 heavy (non-hydrogen) atoms. The average molecular weight is 347 g/mol. The van der Waals surface area contributed by atoms with Crippen molar-refractivity contribution in [1.82, 2.24) is 10.2 Å². The average Bonchev–Trinajstić information content (AvgIpc) is 2.68. The van der Waals surface area contributed by atoms with E-state index >= 15 is 0 Å². The molecule has 0 aromatic heterocycles. The molecule has 0 aliphatic carbocycles. The molecule has 2 rings (SSSR count). The fourth-order valence-electron chi connectivity index (χ4n) is 2.58. The summed E-state index contributed by atoms with van der Waals surface area (Å²) in [5.74, 6) is -0.342. The number of likely N-dealkylation sites (N-methyl/N-ethyl adjacent to an activating group) is 1. The van der Waals surface area contributed by atoms with Crippen LogP contribution in [-0.2, 0) is 16.0 Å². The summed E-state index contributed by atoms with van der Waals surface area (Å²) in [6, 6.07) is 2.74. The first-order valence-electron chi connectivity index (χ1n) is 6.83. The molecule has 1 aromatic carbocycles. The van der Waals surface area contributed by atoms with E-state index in [1.165, 1.54) is 6.07 Å². The molecular weight excluding hydrogens is 331 g/mol. The molecule has 0 bridgehead atoms. The second-order valence-corrected chi connectivity index (χ2v) is 7.58. The van der Waals surface area contributed by atoms with Crippen molar-refractivity contribution < 1.29 is 21.6 Å². The minimum Gasteiger partial charge on any atom is -0.308 e. The minimum atomic E-state index is -4.77. The predicted octanol–water partition coefficient (Wildman–Crippen LogP) is 1.56. The van der Waals surface area contributed by atoms with Crippen LogP contribution < -0.4 is 5.32 Å². The maximum absolute atomic E-state index is 13.0. The van der Waals surface area contributed by atoms with E-state index in [2.05, 4.69) is 5.32 Å². The highest BCUT2D eigenvalue weighted by molar-refractivity contribution is 7.91. The van der Waals surface area contributed by atoms with Crippen LogP contribution in [0.3, 0.4) is 0 Å². The number of sulfone groups is 1. The number of nitrogens with one attached hydrogen (secondary N) is 1. The van der Waals surface area contributed by atoms with Crippen molar-refractivity contribution in [3.63, 3.8) is 0 Å². The zero-order valence-corrected chi connectivity index (χ0v) is 13.4. The Morgan fingerprint density at radius 1 is 1.39 bits per heavy atom. The molecule has 1 unspecified atom stereocenters. The van der Waals surface area contributed by atoms with Gasteiger partial charge in [-0.1, -0.05) is 6.07 Å². The van der Waals surface area contributed by atoms with Crippen LogP contribution in [0, 0.1) is 11.3 Å². The highest BCUT2D eigenvalue weighted by atomic mass is 32.2. The second kappa shape index (κ2) is 6.11. The number of hydrogen-bond acceptors (Lipinski definition) is 5. The zero-order valence-electron chi connectivity index (χ0n) is 12.6. The molecule has 0 amide bonds. The summed E-state index contributed by atoms with van der Waals surface area (Å²) < 4.78 is 63.4. The van der Waals surface area contributed by atoms with Gasteiger partial charge in [0, 0.05) is 19.1 Å². The Morgan fingerprint density at radius 2 is 2.04 bits per heavy atom. The van der Waals surface area contributed by atoms with Crippen molar-refractivity contribution in [2.24, 2.45) is 0 Å². The van der Waals surface area contributed by atoms with Gasteiger partial charge in [0.25, 0.3) is 0 Å². The third-order valence-electron chi connectivity index (χ3n) is 3.63. The van der Waals surface area contributed by atoms with Gasteiger partial charge in [-0.05, 0) is 25.7 Å². The molecule has 1 aliphatic heterocycles. The lowest BCUT2D eigenvalue weighted by Crippen LogP contribution is -2.30. The highest BCUT2D eigenvalue weighted by Crippen LogP contribution is 2.41. The van der Waals surface area contributed by atoms with E-state index in [1.54, 1.807) is 0 Å². The lowest BCUT2D eigenvalue weighted by atomic mass is 10.0.